The number of hydrogen-bond acceptors (Lipinski definition) is 6. The van der Waals surface area contributed by atoms with Crippen LogP contribution in [0.25, 0.3) is 6.08 Å². The molecule has 0 fully saturated rings. The number of aromatic hydroxyl groups is 4. The predicted molar refractivity (Wildman–Crippen MR) is 109 cm³/mol. The molecule has 0 aromatic heterocycles. The molecule has 6 nitrogen and oxygen atoms in total. The summed E-state index contributed by atoms with van der Waals surface area (Å²) in [4.78, 5) is 3.44. The van der Waals surface area contributed by atoms with Gasteiger partial charge in [-0.2, -0.15) is 0 Å². The maximum absolute atomic E-state index is 9.05. The van der Waals surface area contributed by atoms with E-state index in [0.717, 1.165) is 5.70 Å². The Morgan fingerprint density at radius 3 is 1.69 bits per heavy atom. The fourth-order valence-electron chi connectivity index (χ4n) is 1.35. The summed E-state index contributed by atoms with van der Waals surface area (Å²) in [7, 11) is 1.50. The summed E-state index contributed by atoms with van der Waals surface area (Å²) < 4.78 is 0. The van der Waals surface area contributed by atoms with Crippen LogP contribution in [0.3, 0.4) is 0 Å². The normalized spacial score (nSPS) is 8.31. The lowest BCUT2D eigenvalue weighted by atomic mass is 10.2. The molecule has 26 heavy (non-hydrogen) atoms. The van der Waals surface area contributed by atoms with Gasteiger partial charge in [-0.15, -0.1) is 0 Å². The van der Waals surface area contributed by atoms with E-state index in [1.165, 1.54) is 49.5 Å². The average Bonchev–Trinajstić information content (AvgIpc) is 2.63. The Labute approximate surface area is 154 Å². The minimum absolute atomic E-state index is 0.132. The van der Waals surface area contributed by atoms with Gasteiger partial charge in [0.1, 0.15) is 23.0 Å². The Morgan fingerprint density at radius 2 is 1.38 bits per heavy atom. The molecule has 2 aromatic rings. The number of hydrogen-bond donors (Lipinski definition) is 5. The highest BCUT2D eigenvalue weighted by Gasteiger charge is 1.96. The van der Waals surface area contributed by atoms with Crippen LogP contribution in [0.15, 0.2) is 60.2 Å². The molecule has 0 saturated carbocycles. The summed E-state index contributed by atoms with van der Waals surface area (Å²) in [5.74, 6) is 0.665. The molecule has 2 aromatic carbocycles. The van der Waals surface area contributed by atoms with E-state index in [-0.39, 0.29) is 23.0 Å². The van der Waals surface area contributed by atoms with Crippen molar-refractivity contribution in [2.24, 2.45) is 10.7 Å². The third-order valence-electron chi connectivity index (χ3n) is 2.68. The maximum atomic E-state index is 9.05. The molecule has 0 radical (unpaired) electrons. The van der Waals surface area contributed by atoms with E-state index >= 15 is 0 Å². The van der Waals surface area contributed by atoms with Gasteiger partial charge in [-0.1, -0.05) is 19.2 Å². The summed E-state index contributed by atoms with van der Waals surface area (Å²) >= 11 is 0. The first-order valence-electron chi connectivity index (χ1n) is 7.54. The van der Waals surface area contributed by atoms with Gasteiger partial charge in [0.05, 0.1) is 0 Å². The second-order valence-corrected chi connectivity index (χ2v) is 4.81. The Morgan fingerprint density at radius 1 is 0.962 bits per heavy atom. The monoisotopic (exact) mass is 360 g/mol. The van der Waals surface area contributed by atoms with Crippen molar-refractivity contribution in [3.63, 3.8) is 0 Å². The number of aliphatic imine (C=N–C) groups is 1. The molecule has 0 amide bonds. The highest BCUT2D eigenvalue weighted by atomic mass is 16.3. The number of phenolic OH excluding ortho intramolecular Hbond substituents is 4. The van der Waals surface area contributed by atoms with Gasteiger partial charge in [0.25, 0.3) is 0 Å². The molecule has 0 aliphatic rings. The van der Waals surface area contributed by atoms with E-state index in [4.69, 9.17) is 20.4 Å². The lowest BCUT2D eigenvalue weighted by Gasteiger charge is -1.97. The van der Waals surface area contributed by atoms with Crippen LogP contribution in [0.1, 0.15) is 18.1 Å². The van der Waals surface area contributed by atoms with Crippen LogP contribution in [0.2, 0.25) is 0 Å². The number of allylic oxidation sites excluding steroid dienone is 1. The standard InChI is InChI=1S/C8H8O2.C7H8O2.C4H7N.CH5N/c1-2-6-5-7(9)3-4-8(6)10;1-5-4-6(8)2-3-7(5)9;1-4(2)5-3;1-2/h2-5,9-10H,1H2;2-4,8-9H,1H3;1,3H2,2H3;2H2,1H3. The van der Waals surface area contributed by atoms with Crippen LogP contribution < -0.4 is 5.73 Å². The molecule has 0 unspecified atom stereocenters. The molecular formula is C20H28N2O4. The summed E-state index contributed by atoms with van der Waals surface area (Å²) in [5, 5.41) is 35.7. The third-order valence-corrected chi connectivity index (χ3v) is 2.68. The molecule has 2 rings (SSSR count). The van der Waals surface area contributed by atoms with Gasteiger partial charge >= 0.3 is 0 Å². The van der Waals surface area contributed by atoms with Crippen LogP contribution in [-0.2, 0) is 0 Å². The SMILES string of the molecule is C=Cc1cc(O)ccc1O.C=NC(=C)C.CN.Cc1cc(O)ccc1O. The molecule has 0 saturated heterocycles. The van der Waals surface area contributed by atoms with Crippen molar-refractivity contribution in [1.82, 2.24) is 0 Å². The van der Waals surface area contributed by atoms with E-state index in [1.807, 2.05) is 0 Å². The van der Waals surface area contributed by atoms with Crippen LogP contribution >= 0.6 is 0 Å². The molecule has 0 bridgehead atoms. The smallest absolute Gasteiger partial charge is 0.123 e. The third kappa shape index (κ3) is 11.3. The van der Waals surface area contributed by atoms with Crippen molar-refractivity contribution in [2.75, 3.05) is 7.05 Å². The quantitative estimate of drug-likeness (QED) is 0.410. The minimum atomic E-state index is 0.132. The molecule has 0 atom stereocenters. The maximum Gasteiger partial charge on any atom is 0.123 e. The van der Waals surface area contributed by atoms with Crippen LogP contribution in [0.4, 0.5) is 0 Å². The number of aryl methyl sites for hydroxylation is 1. The highest BCUT2D eigenvalue weighted by molar-refractivity contribution is 5.57. The Bertz CT molecular complexity index is 713. The van der Waals surface area contributed by atoms with Gasteiger partial charge in [0, 0.05) is 11.3 Å². The molecular weight excluding hydrogens is 332 g/mol. The second kappa shape index (κ2) is 14.1. The lowest BCUT2D eigenvalue weighted by Crippen LogP contribution is -1.72. The largest absolute Gasteiger partial charge is 0.508 e. The summed E-state index contributed by atoms with van der Waals surface area (Å²) in [5.41, 5.74) is 6.50. The zero-order valence-corrected chi connectivity index (χ0v) is 15.5. The van der Waals surface area contributed by atoms with E-state index in [0.29, 0.717) is 11.1 Å². The number of rotatable bonds is 2. The van der Waals surface area contributed by atoms with Crippen LogP contribution in [-0.4, -0.2) is 34.2 Å². The van der Waals surface area contributed by atoms with Gasteiger partial charge in [-0.3, -0.25) is 4.99 Å². The van der Waals surface area contributed by atoms with Gasteiger partial charge in [0.15, 0.2) is 0 Å². The number of nitrogens with zero attached hydrogens (tertiary/aromatic N) is 1. The molecule has 142 valence electrons. The first-order chi connectivity index (χ1) is 12.2. The van der Waals surface area contributed by atoms with Gasteiger partial charge in [-0.25, -0.2) is 0 Å². The molecule has 6 heteroatoms. The Kier molecular flexibility index (Phi) is 13.6. The average molecular weight is 360 g/mol. The molecule has 0 spiro atoms. The van der Waals surface area contributed by atoms with Crippen molar-refractivity contribution in [3.8, 4) is 23.0 Å². The molecule has 0 aliphatic heterocycles. The van der Waals surface area contributed by atoms with E-state index in [1.54, 1.807) is 13.8 Å². The van der Waals surface area contributed by atoms with Crippen molar-refractivity contribution < 1.29 is 20.4 Å². The second-order valence-electron chi connectivity index (χ2n) is 4.81. The molecule has 0 aliphatic carbocycles. The highest BCUT2D eigenvalue weighted by Crippen LogP contribution is 2.22. The number of benzene rings is 2. The molecule has 0 heterocycles. The van der Waals surface area contributed by atoms with E-state index in [2.05, 4.69) is 30.6 Å². The fourth-order valence-corrected chi connectivity index (χ4v) is 1.35. The predicted octanol–water partition coefficient (Wildman–Crippen LogP) is 3.94. The van der Waals surface area contributed by atoms with E-state index in [9.17, 15) is 0 Å². The van der Waals surface area contributed by atoms with E-state index < -0.39 is 0 Å². The van der Waals surface area contributed by atoms with Crippen molar-refractivity contribution in [1.29, 1.82) is 0 Å². The minimum Gasteiger partial charge on any atom is -0.508 e. The zero-order valence-electron chi connectivity index (χ0n) is 15.5. The first kappa shape index (κ1) is 25.0. The first-order valence-corrected chi connectivity index (χ1v) is 7.54. The van der Waals surface area contributed by atoms with Crippen molar-refractivity contribution >= 4 is 12.8 Å². The summed E-state index contributed by atoms with van der Waals surface area (Å²) in [6, 6.07) is 8.71. The number of nitrogens with two attached hydrogens (primary N) is 1. The summed E-state index contributed by atoms with van der Waals surface area (Å²) in [6.45, 7) is 13.6. The van der Waals surface area contributed by atoms with Crippen LogP contribution in [0.5, 0.6) is 23.0 Å². The number of phenols is 4. The van der Waals surface area contributed by atoms with Crippen molar-refractivity contribution in [2.45, 2.75) is 13.8 Å². The lowest BCUT2D eigenvalue weighted by molar-refractivity contribution is 0.456. The Hall–Kier alpha value is -3.25. The van der Waals surface area contributed by atoms with Crippen LogP contribution in [0, 0.1) is 6.92 Å². The Balaban J connectivity index is 0. The molecule has 6 N–H and O–H groups in total. The van der Waals surface area contributed by atoms with Gasteiger partial charge in [-0.05, 0) is 69.6 Å². The topological polar surface area (TPSA) is 119 Å². The van der Waals surface area contributed by atoms with Crippen molar-refractivity contribution in [3.05, 3.63) is 66.4 Å². The van der Waals surface area contributed by atoms with Gasteiger partial charge < -0.3 is 26.2 Å². The summed E-state index contributed by atoms with van der Waals surface area (Å²) in [6.07, 6.45) is 1.48. The van der Waals surface area contributed by atoms with Gasteiger partial charge in [0.2, 0.25) is 0 Å². The zero-order chi connectivity index (χ0) is 20.7. The fraction of sp³-hybridized carbons (Fsp3) is 0.150.